The Labute approximate surface area is 102 Å². The topological polar surface area (TPSA) is 64.7 Å². The normalized spacial score (nSPS) is 14.2. The first kappa shape index (κ1) is 13.8. The van der Waals surface area contributed by atoms with Gasteiger partial charge in [0.25, 0.3) is 0 Å². The van der Waals surface area contributed by atoms with Crippen LogP contribution in [0.4, 0.5) is 0 Å². The smallest absolute Gasteiger partial charge is 0.122 e. The van der Waals surface area contributed by atoms with Gasteiger partial charge in [-0.2, -0.15) is 0 Å². The summed E-state index contributed by atoms with van der Waals surface area (Å²) < 4.78 is 10.4. The van der Waals surface area contributed by atoms with Gasteiger partial charge in [0.15, 0.2) is 0 Å². The Balaban J connectivity index is 3.18. The number of benzene rings is 1. The van der Waals surface area contributed by atoms with Gasteiger partial charge in [-0.05, 0) is 24.1 Å². The van der Waals surface area contributed by atoms with Crippen LogP contribution in [-0.2, 0) is 5.60 Å². The minimum absolute atomic E-state index is 0.178. The van der Waals surface area contributed by atoms with Crippen LogP contribution in [0.25, 0.3) is 0 Å². The predicted molar refractivity (Wildman–Crippen MR) is 67.4 cm³/mol. The number of rotatable bonds is 6. The predicted octanol–water partition coefficient (Wildman–Crippen LogP) is 1.65. The number of nitrogens with two attached hydrogens (primary N) is 1. The second-order valence-corrected chi connectivity index (χ2v) is 4.09. The number of hydrogen-bond acceptors (Lipinski definition) is 4. The van der Waals surface area contributed by atoms with Crippen LogP contribution in [-0.4, -0.2) is 25.9 Å². The van der Waals surface area contributed by atoms with Crippen molar-refractivity contribution in [3.63, 3.8) is 0 Å². The maximum atomic E-state index is 10.5. The molecule has 1 rings (SSSR count). The lowest BCUT2D eigenvalue weighted by atomic mass is 9.89. The quantitative estimate of drug-likeness (QED) is 0.792. The van der Waals surface area contributed by atoms with Crippen LogP contribution in [0.15, 0.2) is 18.2 Å². The van der Waals surface area contributed by atoms with Gasteiger partial charge in [0.1, 0.15) is 17.1 Å². The van der Waals surface area contributed by atoms with Gasteiger partial charge >= 0.3 is 0 Å². The van der Waals surface area contributed by atoms with Crippen LogP contribution in [0.3, 0.4) is 0 Å². The maximum Gasteiger partial charge on any atom is 0.122 e. The summed E-state index contributed by atoms with van der Waals surface area (Å²) in [5.41, 5.74) is 5.39. The molecule has 0 aromatic heterocycles. The van der Waals surface area contributed by atoms with Crippen LogP contribution in [0.1, 0.15) is 25.3 Å². The first-order valence-electron chi connectivity index (χ1n) is 5.75. The summed E-state index contributed by atoms with van der Waals surface area (Å²) in [7, 11) is 3.17. The molecular weight excluding hydrogens is 218 g/mol. The van der Waals surface area contributed by atoms with Crippen molar-refractivity contribution >= 4 is 0 Å². The van der Waals surface area contributed by atoms with Gasteiger partial charge < -0.3 is 20.3 Å². The van der Waals surface area contributed by atoms with E-state index < -0.39 is 5.60 Å². The van der Waals surface area contributed by atoms with Gasteiger partial charge in [0.05, 0.1) is 14.2 Å². The van der Waals surface area contributed by atoms with E-state index in [4.69, 9.17) is 15.2 Å². The van der Waals surface area contributed by atoms with Gasteiger partial charge in [-0.15, -0.1) is 0 Å². The maximum absolute atomic E-state index is 10.5. The molecule has 0 heterocycles. The molecule has 1 aromatic carbocycles. The lowest BCUT2D eigenvalue weighted by molar-refractivity contribution is 0.0355. The van der Waals surface area contributed by atoms with Crippen molar-refractivity contribution < 1.29 is 14.6 Å². The molecule has 0 radical (unpaired) electrons. The zero-order chi connectivity index (χ0) is 12.9. The molecule has 0 bridgehead atoms. The molecule has 0 spiro atoms. The Kier molecular flexibility index (Phi) is 4.78. The minimum atomic E-state index is -1.02. The van der Waals surface area contributed by atoms with Crippen LogP contribution in [0.2, 0.25) is 0 Å². The molecule has 4 nitrogen and oxygen atoms in total. The minimum Gasteiger partial charge on any atom is -0.497 e. The molecule has 1 aromatic rings. The molecule has 1 atom stereocenters. The largest absolute Gasteiger partial charge is 0.497 e. The fourth-order valence-corrected chi connectivity index (χ4v) is 1.85. The van der Waals surface area contributed by atoms with Crippen molar-refractivity contribution in [3.8, 4) is 11.5 Å². The van der Waals surface area contributed by atoms with Crippen molar-refractivity contribution in [1.82, 2.24) is 0 Å². The molecule has 4 heteroatoms. The van der Waals surface area contributed by atoms with E-state index in [2.05, 4.69) is 0 Å². The second kappa shape index (κ2) is 5.89. The van der Waals surface area contributed by atoms with E-state index in [9.17, 15) is 5.11 Å². The number of methoxy groups -OCH3 is 2. The average Bonchev–Trinajstić information content (AvgIpc) is 2.38. The summed E-state index contributed by atoms with van der Waals surface area (Å²) >= 11 is 0. The molecule has 17 heavy (non-hydrogen) atoms. The molecule has 1 unspecified atom stereocenters. The summed E-state index contributed by atoms with van der Waals surface area (Å²) in [5, 5.41) is 10.5. The lowest BCUT2D eigenvalue weighted by Crippen LogP contribution is -2.34. The fourth-order valence-electron chi connectivity index (χ4n) is 1.85. The summed E-state index contributed by atoms with van der Waals surface area (Å²) in [6.45, 7) is 2.19. The van der Waals surface area contributed by atoms with E-state index in [1.807, 2.05) is 6.92 Å². The third-order valence-electron chi connectivity index (χ3n) is 2.89. The first-order valence-corrected chi connectivity index (χ1v) is 5.75. The number of ether oxygens (including phenoxy) is 2. The van der Waals surface area contributed by atoms with Crippen molar-refractivity contribution in [2.75, 3.05) is 20.8 Å². The van der Waals surface area contributed by atoms with E-state index in [-0.39, 0.29) is 6.54 Å². The molecule has 3 N–H and O–H groups in total. The Morgan fingerprint density at radius 2 is 1.71 bits per heavy atom. The molecular formula is C13H21NO3. The van der Waals surface area contributed by atoms with Crippen molar-refractivity contribution in [1.29, 1.82) is 0 Å². The van der Waals surface area contributed by atoms with Gasteiger partial charge in [0, 0.05) is 12.6 Å². The third kappa shape index (κ3) is 3.11. The molecule has 0 fully saturated rings. The summed E-state index contributed by atoms with van der Waals surface area (Å²) in [6, 6.07) is 5.36. The molecule has 96 valence electrons. The number of hydrogen-bond donors (Lipinski definition) is 2. The molecule has 0 saturated heterocycles. The Morgan fingerprint density at radius 1 is 1.18 bits per heavy atom. The zero-order valence-electron chi connectivity index (χ0n) is 10.7. The van der Waals surface area contributed by atoms with E-state index in [0.717, 1.165) is 12.0 Å². The monoisotopic (exact) mass is 239 g/mol. The van der Waals surface area contributed by atoms with Gasteiger partial charge in [-0.3, -0.25) is 0 Å². The Hall–Kier alpha value is -1.26. The fraction of sp³-hybridized carbons (Fsp3) is 0.538. The van der Waals surface area contributed by atoms with E-state index in [1.165, 1.54) is 0 Å². The van der Waals surface area contributed by atoms with E-state index >= 15 is 0 Å². The molecule has 0 aliphatic heterocycles. The SMILES string of the molecule is CCCC(O)(CN)c1cc(OC)cc(OC)c1. The van der Waals surface area contributed by atoms with Crippen molar-refractivity contribution in [3.05, 3.63) is 23.8 Å². The second-order valence-electron chi connectivity index (χ2n) is 4.09. The van der Waals surface area contributed by atoms with E-state index in [0.29, 0.717) is 17.9 Å². The highest BCUT2D eigenvalue weighted by molar-refractivity contribution is 5.41. The summed E-state index contributed by atoms with van der Waals surface area (Å²) in [4.78, 5) is 0. The van der Waals surface area contributed by atoms with Gasteiger partial charge in [-0.25, -0.2) is 0 Å². The Morgan fingerprint density at radius 3 is 2.06 bits per heavy atom. The van der Waals surface area contributed by atoms with Crippen LogP contribution in [0.5, 0.6) is 11.5 Å². The summed E-state index contributed by atoms with van der Waals surface area (Å²) in [5.74, 6) is 1.31. The van der Waals surface area contributed by atoms with Crippen LogP contribution < -0.4 is 15.2 Å². The van der Waals surface area contributed by atoms with Crippen LogP contribution >= 0.6 is 0 Å². The highest BCUT2D eigenvalue weighted by Crippen LogP contribution is 2.32. The first-order chi connectivity index (χ1) is 8.09. The average molecular weight is 239 g/mol. The van der Waals surface area contributed by atoms with Gasteiger partial charge in [-0.1, -0.05) is 13.3 Å². The highest BCUT2D eigenvalue weighted by atomic mass is 16.5. The summed E-state index contributed by atoms with van der Waals surface area (Å²) in [6.07, 6.45) is 1.47. The highest BCUT2D eigenvalue weighted by Gasteiger charge is 2.27. The third-order valence-corrected chi connectivity index (χ3v) is 2.89. The van der Waals surface area contributed by atoms with Crippen LogP contribution in [0, 0.1) is 0 Å². The standard InChI is InChI=1S/C13H21NO3/c1-4-5-13(15,9-14)10-6-11(16-2)8-12(7-10)17-3/h6-8,15H,4-5,9,14H2,1-3H3. The zero-order valence-corrected chi connectivity index (χ0v) is 10.7. The Bertz CT molecular complexity index is 345. The molecule has 0 aliphatic carbocycles. The van der Waals surface area contributed by atoms with Crippen molar-refractivity contribution in [2.45, 2.75) is 25.4 Å². The lowest BCUT2D eigenvalue weighted by Gasteiger charge is -2.27. The van der Waals surface area contributed by atoms with Gasteiger partial charge in [0.2, 0.25) is 0 Å². The van der Waals surface area contributed by atoms with E-state index in [1.54, 1.807) is 32.4 Å². The molecule has 0 saturated carbocycles. The number of aliphatic hydroxyl groups is 1. The van der Waals surface area contributed by atoms with Crippen molar-refractivity contribution in [2.24, 2.45) is 5.73 Å². The molecule has 0 amide bonds. The molecule has 0 aliphatic rings.